The maximum Gasteiger partial charge on any atom is 0.257 e. The van der Waals surface area contributed by atoms with Crippen LogP contribution in [0, 0.1) is 0 Å². The average Bonchev–Trinajstić information content (AvgIpc) is 3.22. The van der Waals surface area contributed by atoms with Crippen LogP contribution >= 0.6 is 23.1 Å². The summed E-state index contributed by atoms with van der Waals surface area (Å²) >= 11 is 2.91. The summed E-state index contributed by atoms with van der Waals surface area (Å²) < 4.78 is 7.69. The number of nitrogens with zero attached hydrogens (tertiary/aromatic N) is 6. The number of hydrogen-bond acceptors (Lipinski definition) is 8. The highest BCUT2D eigenvalue weighted by atomic mass is 32.2. The normalized spacial score (nSPS) is 13.4. The minimum atomic E-state index is 0.00163. The van der Waals surface area contributed by atoms with Gasteiger partial charge in [0, 0.05) is 12.5 Å². The van der Waals surface area contributed by atoms with E-state index in [1.165, 1.54) is 11.8 Å². The second-order valence-corrected chi connectivity index (χ2v) is 9.75. The third kappa shape index (κ3) is 5.17. The summed E-state index contributed by atoms with van der Waals surface area (Å²) in [5, 5.41) is 15.5. The third-order valence-electron chi connectivity index (χ3n) is 5.25. The Balaban J connectivity index is 1.25. The molecular formula is C23H24N6O2S2. The zero-order chi connectivity index (χ0) is 22.6. The minimum Gasteiger partial charge on any atom is -0.418 e. The Kier molecular flexibility index (Phi) is 6.54. The van der Waals surface area contributed by atoms with Crippen molar-refractivity contribution in [3.05, 3.63) is 59.6 Å². The lowest BCUT2D eigenvalue weighted by atomic mass is 10.3. The number of carbonyl (C=O) groups excluding carboxylic acids is 1. The van der Waals surface area contributed by atoms with E-state index in [9.17, 15) is 4.79 Å². The van der Waals surface area contributed by atoms with Crippen LogP contribution in [0.25, 0.3) is 16.5 Å². The van der Waals surface area contributed by atoms with Crippen LogP contribution in [0.1, 0.15) is 43.8 Å². The van der Waals surface area contributed by atoms with E-state index in [4.69, 9.17) is 14.5 Å². The van der Waals surface area contributed by atoms with Crippen molar-refractivity contribution in [2.75, 3.05) is 12.3 Å². The summed E-state index contributed by atoms with van der Waals surface area (Å²) in [6.07, 6.45) is 3.11. The molecule has 1 aromatic carbocycles. The molecule has 0 aliphatic heterocycles. The van der Waals surface area contributed by atoms with Gasteiger partial charge in [0.1, 0.15) is 5.82 Å². The number of aromatic nitrogens is 5. The number of carbonyl (C=O) groups is 1. The number of amides is 1. The van der Waals surface area contributed by atoms with Crippen LogP contribution in [-0.2, 0) is 11.3 Å². The number of thioether (sulfide) groups is 1. The van der Waals surface area contributed by atoms with E-state index in [1.807, 2.05) is 59.5 Å². The lowest BCUT2D eigenvalue weighted by molar-refractivity contribution is -0.129. The Hall–Kier alpha value is -2.98. The third-order valence-corrected chi connectivity index (χ3v) is 6.93. The predicted octanol–water partition coefficient (Wildman–Crippen LogP) is 4.79. The smallest absolute Gasteiger partial charge is 0.257 e. The molecule has 8 nitrogen and oxygen atoms in total. The van der Waals surface area contributed by atoms with Crippen LogP contribution in [0.5, 0.6) is 0 Å². The molecule has 1 saturated carbocycles. The molecule has 0 N–H and O–H groups in total. The first kappa shape index (κ1) is 21.8. The van der Waals surface area contributed by atoms with Gasteiger partial charge in [0.25, 0.3) is 5.89 Å². The van der Waals surface area contributed by atoms with Gasteiger partial charge in [-0.3, -0.25) is 4.79 Å². The highest BCUT2D eigenvalue weighted by Crippen LogP contribution is 2.40. The minimum absolute atomic E-state index is 0.00163. The molecular weight excluding hydrogens is 456 g/mol. The average molecular weight is 481 g/mol. The molecule has 4 aromatic rings. The van der Waals surface area contributed by atoms with Crippen molar-refractivity contribution in [1.82, 2.24) is 29.9 Å². The largest absolute Gasteiger partial charge is 0.418 e. The van der Waals surface area contributed by atoms with E-state index in [0.717, 1.165) is 35.7 Å². The van der Waals surface area contributed by atoms with Crippen LogP contribution in [0.2, 0.25) is 0 Å². The van der Waals surface area contributed by atoms with Crippen LogP contribution in [0.4, 0.5) is 0 Å². The van der Waals surface area contributed by atoms with E-state index >= 15 is 0 Å². The first-order chi connectivity index (χ1) is 16.2. The summed E-state index contributed by atoms with van der Waals surface area (Å²) in [7, 11) is 0. The van der Waals surface area contributed by atoms with Gasteiger partial charge in [0.15, 0.2) is 0 Å². The Morgan fingerprint density at radius 3 is 2.79 bits per heavy atom. The summed E-state index contributed by atoms with van der Waals surface area (Å²) in [6.45, 7) is 2.96. The molecule has 0 saturated heterocycles. The second-order valence-electron chi connectivity index (χ2n) is 7.86. The number of para-hydroxylation sites is 1. The van der Waals surface area contributed by atoms with E-state index in [2.05, 4.69) is 10.2 Å². The van der Waals surface area contributed by atoms with Gasteiger partial charge in [-0.15, -0.1) is 26.6 Å². The van der Waals surface area contributed by atoms with Crippen molar-refractivity contribution < 1.29 is 9.21 Å². The van der Waals surface area contributed by atoms with E-state index in [0.29, 0.717) is 35.9 Å². The lowest BCUT2D eigenvalue weighted by Crippen LogP contribution is -2.32. The van der Waals surface area contributed by atoms with Crippen LogP contribution in [-0.4, -0.2) is 48.1 Å². The van der Waals surface area contributed by atoms with E-state index in [1.54, 1.807) is 16.2 Å². The Morgan fingerprint density at radius 1 is 1.21 bits per heavy atom. The van der Waals surface area contributed by atoms with E-state index < -0.39 is 0 Å². The molecule has 0 bridgehead atoms. The fourth-order valence-electron chi connectivity index (χ4n) is 3.49. The van der Waals surface area contributed by atoms with Gasteiger partial charge < -0.3 is 9.32 Å². The lowest BCUT2D eigenvalue weighted by Gasteiger charge is -2.19. The molecule has 0 radical (unpaired) electrons. The number of hydrogen-bond donors (Lipinski definition) is 0. The van der Waals surface area contributed by atoms with Gasteiger partial charge >= 0.3 is 0 Å². The van der Waals surface area contributed by atoms with Crippen molar-refractivity contribution >= 4 is 29.0 Å². The quantitative estimate of drug-likeness (QED) is 0.302. The molecule has 33 heavy (non-hydrogen) atoms. The predicted molar refractivity (Wildman–Crippen MR) is 127 cm³/mol. The Morgan fingerprint density at radius 2 is 2.06 bits per heavy atom. The van der Waals surface area contributed by atoms with Crippen molar-refractivity contribution in [3.8, 4) is 16.5 Å². The zero-order valence-electron chi connectivity index (χ0n) is 18.3. The summed E-state index contributed by atoms with van der Waals surface area (Å²) in [4.78, 5) is 20.4. The molecule has 0 atom stereocenters. The van der Waals surface area contributed by atoms with Gasteiger partial charge in [-0.2, -0.15) is 0 Å². The Bertz CT molecular complexity index is 1200. The monoisotopic (exact) mass is 480 g/mol. The van der Waals surface area contributed by atoms with Crippen LogP contribution < -0.4 is 0 Å². The molecule has 5 rings (SSSR count). The van der Waals surface area contributed by atoms with Crippen molar-refractivity contribution in [2.24, 2.45) is 0 Å². The summed E-state index contributed by atoms with van der Waals surface area (Å²) in [6, 6.07) is 13.9. The molecule has 1 fully saturated rings. The molecule has 0 spiro atoms. The SMILES string of the molecule is CCCN(Cc1nnc(-c2cccs2)o1)C(=O)CSc1nc(C2CC2)n(-c2ccccc2)n1. The molecule has 1 amide bonds. The molecule has 3 heterocycles. The number of benzene rings is 1. The fraction of sp³-hybridized carbons (Fsp3) is 0.348. The molecule has 1 aliphatic carbocycles. The van der Waals surface area contributed by atoms with Gasteiger partial charge in [0.2, 0.25) is 17.0 Å². The van der Waals surface area contributed by atoms with Crippen LogP contribution in [0.15, 0.2) is 57.4 Å². The first-order valence-corrected chi connectivity index (χ1v) is 12.9. The van der Waals surface area contributed by atoms with Crippen molar-refractivity contribution in [3.63, 3.8) is 0 Å². The molecule has 0 unspecified atom stereocenters. The molecule has 170 valence electrons. The maximum absolute atomic E-state index is 13.0. The second kappa shape index (κ2) is 9.88. The zero-order valence-corrected chi connectivity index (χ0v) is 19.9. The highest BCUT2D eigenvalue weighted by molar-refractivity contribution is 7.99. The Labute approximate surface area is 200 Å². The van der Waals surface area contributed by atoms with Crippen molar-refractivity contribution in [1.29, 1.82) is 0 Å². The standard InChI is InChI=1S/C23H24N6O2S2/c1-2-12-28(14-19-25-26-22(31-19)18-9-6-13-32-18)20(30)15-33-23-24-21(16-10-11-16)29(27-23)17-7-4-3-5-8-17/h3-9,13,16H,2,10-12,14-15H2,1H3. The van der Waals surface area contributed by atoms with Crippen LogP contribution in [0.3, 0.4) is 0 Å². The van der Waals surface area contributed by atoms with Gasteiger partial charge in [-0.25, -0.2) is 9.67 Å². The number of rotatable bonds is 10. The topological polar surface area (TPSA) is 89.9 Å². The van der Waals surface area contributed by atoms with Gasteiger partial charge in [-0.05, 0) is 42.8 Å². The maximum atomic E-state index is 13.0. The summed E-state index contributed by atoms with van der Waals surface area (Å²) in [5.74, 6) is 2.62. The summed E-state index contributed by atoms with van der Waals surface area (Å²) in [5.41, 5.74) is 0.996. The number of thiophene rings is 1. The van der Waals surface area contributed by atoms with Crippen molar-refractivity contribution in [2.45, 2.75) is 43.8 Å². The van der Waals surface area contributed by atoms with E-state index in [-0.39, 0.29) is 11.7 Å². The molecule has 3 aromatic heterocycles. The molecule has 1 aliphatic rings. The van der Waals surface area contributed by atoms with Gasteiger partial charge in [-0.1, -0.05) is 43.0 Å². The van der Waals surface area contributed by atoms with Gasteiger partial charge in [0.05, 0.1) is 22.9 Å². The fourth-order valence-corrected chi connectivity index (χ4v) is 4.87. The molecule has 10 heteroatoms. The highest BCUT2D eigenvalue weighted by Gasteiger charge is 2.30. The first-order valence-electron chi connectivity index (χ1n) is 11.0.